The van der Waals surface area contributed by atoms with Crippen LogP contribution in [0.4, 0.5) is 0 Å². The van der Waals surface area contributed by atoms with Crippen LogP contribution in [0.15, 0.2) is 39.7 Å². The quantitative estimate of drug-likeness (QED) is 0.633. The lowest BCUT2D eigenvalue weighted by atomic mass is 9.95. The van der Waals surface area contributed by atoms with E-state index in [1.807, 2.05) is 6.08 Å². The largest absolute Gasteiger partial charge is 0.507 e. The number of hydrogen-bond acceptors (Lipinski definition) is 7. The number of aromatic hydroxyl groups is 1. The zero-order chi connectivity index (χ0) is 21.2. The fourth-order valence-electron chi connectivity index (χ4n) is 4.21. The maximum absolute atomic E-state index is 13.5. The number of benzene rings is 2. The predicted molar refractivity (Wildman–Crippen MR) is 110 cm³/mol. The van der Waals surface area contributed by atoms with Crippen molar-refractivity contribution < 1.29 is 28.8 Å². The maximum atomic E-state index is 13.5. The molecular weight excluding hydrogens is 388 g/mol. The first-order chi connectivity index (χ1) is 14.3. The van der Waals surface area contributed by atoms with E-state index >= 15 is 0 Å². The molecule has 0 saturated heterocycles. The molecule has 156 valence electrons. The van der Waals surface area contributed by atoms with E-state index in [2.05, 4.69) is 0 Å². The highest BCUT2D eigenvalue weighted by atomic mass is 16.7. The van der Waals surface area contributed by atoms with E-state index in [9.17, 15) is 15.0 Å². The highest BCUT2D eigenvalue weighted by molar-refractivity contribution is 5.98. The standard InChI is InChI=1S/C23H22O7/c1-23(2,26)8-6-11-4-5-13(24)17-19(25)18-15(29-20(11)17)10-14-16(21(18)27-3)12-7-9-28-22(12)30-14/h4-5,7,9-10,12,22,24,26H,6,8H2,1-3H3/t12-,22+/m1/s1. The van der Waals surface area contributed by atoms with Crippen molar-refractivity contribution in [3.63, 3.8) is 0 Å². The van der Waals surface area contributed by atoms with Gasteiger partial charge in [0.2, 0.25) is 5.43 Å². The minimum Gasteiger partial charge on any atom is -0.507 e. The van der Waals surface area contributed by atoms with Crippen molar-refractivity contribution in [2.24, 2.45) is 0 Å². The van der Waals surface area contributed by atoms with Crippen LogP contribution < -0.4 is 14.9 Å². The third-order valence-corrected chi connectivity index (χ3v) is 5.71. The normalized spacial score (nSPS) is 19.6. The summed E-state index contributed by atoms with van der Waals surface area (Å²) in [7, 11) is 1.49. The lowest BCUT2D eigenvalue weighted by Gasteiger charge is -2.17. The number of hydrogen-bond donors (Lipinski definition) is 2. The van der Waals surface area contributed by atoms with Crippen molar-refractivity contribution in [1.82, 2.24) is 0 Å². The van der Waals surface area contributed by atoms with Crippen molar-refractivity contribution in [3.05, 3.63) is 51.9 Å². The Morgan fingerprint density at radius 3 is 2.77 bits per heavy atom. The average molecular weight is 410 g/mol. The molecule has 7 nitrogen and oxygen atoms in total. The minimum absolute atomic E-state index is 0.0997. The maximum Gasteiger partial charge on any atom is 0.250 e. The first kappa shape index (κ1) is 18.8. The van der Waals surface area contributed by atoms with Gasteiger partial charge in [-0.3, -0.25) is 4.79 Å². The summed E-state index contributed by atoms with van der Waals surface area (Å²) < 4.78 is 23.1. The Balaban J connectivity index is 1.80. The Morgan fingerprint density at radius 1 is 1.23 bits per heavy atom. The van der Waals surface area contributed by atoms with Gasteiger partial charge in [0.25, 0.3) is 6.29 Å². The minimum atomic E-state index is -0.870. The van der Waals surface area contributed by atoms with E-state index in [1.165, 1.54) is 13.2 Å². The van der Waals surface area contributed by atoms with Crippen LogP contribution in [0.25, 0.3) is 21.9 Å². The lowest BCUT2D eigenvalue weighted by molar-refractivity contribution is -0.00481. The molecule has 7 heteroatoms. The van der Waals surface area contributed by atoms with Gasteiger partial charge in [-0.15, -0.1) is 0 Å². The Hall–Kier alpha value is -3.19. The third kappa shape index (κ3) is 2.73. The second-order valence-electron chi connectivity index (χ2n) is 8.36. The van der Waals surface area contributed by atoms with Gasteiger partial charge in [0.05, 0.1) is 30.5 Å². The number of methoxy groups -OCH3 is 1. The van der Waals surface area contributed by atoms with E-state index in [-0.39, 0.29) is 27.9 Å². The van der Waals surface area contributed by atoms with E-state index in [0.717, 1.165) is 11.1 Å². The van der Waals surface area contributed by atoms with Crippen LogP contribution in [0.2, 0.25) is 0 Å². The summed E-state index contributed by atoms with van der Waals surface area (Å²) >= 11 is 0. The van der Waals surface area contributed by atoms with Gasteiger partial charge in [-0.05, 0) is 44.4 Å². The molecule has 3 aromatic rings. The number of aryl methyl sites for hydroxylation is 1. The molecule has 0 aliphatic carbocycles. The molecule has 0 unspecified atom stereocenters. The van der Waals surface area contributed by atoms with Crippen LogP contribution in [-0.4, -0.2) is 29.2 Å². The highest BCUT2D eigenvalue weighted by Crippen LogP contribution is 2.50. The number of phenols is 1. The van der Waals surface area contributed by atoms with Gasteiger partial charge in [0.1, 0.15) is 39.2 Å². The molecule has 0 amide bonds. The van der Waals surface area contributed by atoms with Crippen LogP contribution in [-0.2, 0) is 11.2 Å². The Labute approximate surface area is 172 Å². The van der Waals surface area contributed by atoms with Gasteiger partial charge in [0, 0.05) is 6.07 Å². The molecule has 5 rings (SSSR count). The molecule has 0 fully saturated rings. The number of phenolic OH excluding ortho intramolecular Hbond substituents is 1. The van der Waals surface area contributed by atoms with E-state index in [1.54, 1.807) is 32.2 Å². The first-order valence-corrected chi connectivity index (χ1v) is 9.82. The average Bonchev–Trinajstić information content (AvgIpc) is 3.26. The molecule has 2 aliphatic rings. The summed E-state index contributed by atoms with van der Waals surface area (Å²) in [4.78, 5) is 13.5. The van der Waals surface area contributed by atoms with Crippen molar-refractivity contribution in [1.29, 1.82) is 0 Å². The molecule has 30 heavy (non-hydrogen) atoms. The van der Waals surface area contributed by atoms with Gasteiger partial charge < -0.3 is 28.8 Å². The SMILES string of the molecule is COc1c2c(cc3oc4c(CCC(C)(C)O)ccc(O)c4c(=O)c13)O[C@@H]1OC=C[C@H]21. The van der Waals surface area contributed by atoms with Crippen LogP contribution >= 0.6 is 0 Å². The van der Waals surface area contributed by atoms with Crippen LogP contribution in [0.1, 0.15) is 37.3 Å². The smallest absolute Gasteiger partial charge is 0.250 e. The van der Waals surface area contributed by atoms with Crippen LogP contribution in [0.5, 0.6) is 17.2 Å². The predicted octanol–water partition coefficient (Wildman–Crippen LogP) is 3.71. The van der Waals surface area contributed by atoms with Gasteiger partial charge in [-0.2, -0.15) is 0 Å². The summed E-state index contributed by atoms with van der Waals surface area (Å²) in [6, 6.07) is 4.87. The second kappa shape index (κ2) is 6.40. The van der Waals surface area contributed by atoms with E-state index < -0.39 is 11.9 Å². The fraction of sp³-hybridized carbons (Fsp3) is 0.348. The summed E-state index contributed by atoms with van der Waals surface area (Å²) in [5.74, 6) is 0.566. The molecule has 0 spiro atoms. The van der Waals surface area contributed by atoms with Gasteiger partial charge in [0.15, 0.2) is 0 Å². The zero-order valence-electron chi connectivity index (χ0n) is 16.9. The van der Waals surface area contributed by atoms with Crippen LogP contribution in [0, 0.1) is 0 Å². The fourth-order valence-corrected chi connectivity index (χ4v) is 4.21. The Kier molecular flexibility index (Phi) is 4.02. The lowest BCUT2D eigenvalue weighted by Crippen LogP contribution is -2.19. The molecule has 0 saturated carbocycles. The summed E-state index contributed by atoms with van der Waals surface area (Å²) in [5.41, 5.74) is 0.820. The van der Waals surface area contributed by atoms with Crippen molar-refractivity contribution in [2.45, 2.75) is 44.5 Å². The first-order valence-electron chi connectivity index (χ1n) is 9.82. The van der Waals surface area contributed by atoms with Crippen molar-refractivity contribution in [3.8, 4) is 17.2 Å². The number of rotatable bonds is 4. The Bertz CT molecular complexity index is 1260. The molecule has 2 aliphatic heterocycles. The molecule has 0 bridgehead atoms. The number of ether oxygens (including phenoxy) is 3. The summed E-state index contributed by atoms with van der Waals surface area (Å²) in [6.45, 7) is 3.44. The van der Waals surface area contributed by atoms with E-state index in [0.29, 0.717) is 35.5 Å². The zero-order valence-corrected chi connectivity index (χ0v) is 16.9. The molecule has 3 heterocycles. The molecule has 2 N–H and O–H groups in total. The van der Waals surface area contributed by atoms with E-state index in [4.69, 9.17) is 18.6 Å². The van der Waals surface area contributed by atoms with Gasteiger partial charge >= 0.3 is 0 Å². The number of aliphatic hydroxyl groups is 1. The number of fused-ring (bicyclic) bond motifs is 5. The van der Waals surface area contributed by atoms with Crippen LogP contribution in [0.3, 0.4) is 0 Å². The van der Waals surface area contributed by atoms with Crippen molar-refractivity contribution in [2.75, 3.05) is 7.11 Å². The van der Waals surface area contributed by atoms with Gasteiger partial charge in [-0.25, -0.2) is 0 Å². The third-order valence-electron chi connectivity index (χ3n) is 5.71. The van der Waals surface area contributed by atoms with Gasteiger partial charge in [-0.1, -0.05) is 6.07 Å². The summed E-state index contributed by atoms with van der Waals surface area (Å²) in [5, 5.41) is 20.9. The molecule has 2 aromatic carbocycles. The Morgan fingerprint density at radius 2 is 2.03 bits per heavy atom. The topological polar surface area (TPSA) is 98.4 Å². The summed E-state index contributed by atoms with van der Waals surface area (Å²) in [6.07, 6.45) is 3.89. The van der Waals surface area contributed by atoms with Crippen molar-refractivity contribution >= 4 is 21.9 Å². The monoisotopic (exact) mass is 410 g/mol. The highest BCUT2D eigenvalue weighted by Gasteiger charge is 2.41. The molecule has 2 atom stereocenters. The second-order valence-corrected chi connectivity index (χ2v) is 8.36. The molecular formula is C23H22O7. The molecule has 1 aromatic heterocycles. The molecule has 0 radical (unpaired) electrons.